The minimum Gasteiger partial charge on any atom is -0.494 e. The van der Waals surface area contributed by atoms with Crippen LogP contribution in [-0.4, -0.2) is 29.0 Å². The zero-order valence-corrected chi connectivity index (χ0v) is 23.2. The van der Waals surface area contributed by atoms with Crippen molar-refractivity contribution >= 4 is 67.5 Å². The summed E-state index contributed by atoms with van der Waals surface area (Å²) in [5, 5.41) is 6.48. The molecule has 4 rings (SSSR count). The molecule has 10 heteroatoms. The average Bonchev–Trinajstić information content (AvgIpc) is 3.24. The van der Waals surface area contributed by atoms with E-state index in [2.05, 4.69) is 38.9 Å². The Balaban J connectivity index is 1.52. The Bertz CT molecular complexity index is 1500. The van der Waals surface area contributed by atoms with Gasteiger partial charge >= 0.3 is 11.8 Å². The topological polar surface area (TPSA) is 101 Å². The largest absolute Gasteiger partial charge is 0.494 e. The molecule has 3 aromatic carbocycles. The molecule has 0 radical (unpaired) electrons. The van der Waals surface area contributed by atoms with E-state index >= 15 is 0 Å². The number of unbranched alkanes of at least 4 members (excludes halogenated alkanes) is 1. The number of fused-ring (bicyclic) bond motifs is 1. The molecule has 1 heterocycles. The third-order valence-corrected chi connectivity index (χ3v) is 6.84. The van der Waals surface area contributed by atoms with Crippen molar-refractivity contribution in [3.05, 3.63) is 87.5 Å². The molecular formula is C28H26BrClN4O4. The molecule has 4 aromatic rings. The van der Waals surface area contributed by atoms with Gasteiger partial charge in [0.15, 0.2) is 0 Å². The summed E-state index contributed by atoms with van der Waals surface area (Å²) >= 11 is 9.58. The van der Waals surface area contributed by atoms with Crippen LogP contribution in [0.4, 0.5) is 11.4 Å². The lowest BCUT2D eigenvalue weighted by Gasteiger charge is -2.13. The third-order valence-electron chi connectivity index (χ3n) is 5.71. The second-order valence-electron chi connectivity index (χ2n) is 8.61. The predicted octanol–water partition coefficient (Wildman–Crippen LogP) is 6.51. The molecule has 0 spiro atoms. The third kappa shape index (κ3) is 6.54. The highest BCUT2D eigenvalue weighted by Gasteiger charge is 2.21. The smallest absolute Gasteiger partial charge is 0.328 e. The standard InChI is InChI=1S/C28H26BrClN4O4/c1-3-4-13-38-22-9-6-20(7-10-22)31-27(36)28(37)33-34-24-12-5-19(30)15-18(24)16-25(34)26(35)32-21-8-11-23(29)17(2)14-21/h5-12,14-16H,3-4,13H2,1-2H3,(H,31,36)(H,32,35)(H,33,37). The highest BCUT2D eigenvalue weighted by atomic mass is 79.9. The van der Waals surface area contributed by atoms with Gasteiger partial charge in [-0.15, -0.1) is 0 Å². The number of nitrogens with one attached hydrogen (secondary N) is 3. The Morgan fingerprint density at radius 1 is 0.921 bits per heavy atom. The van der Waals surface area contributed by atoms with E-state index in [0.29, 0.717) is 39.7 Å². The second kappa shape index (κ2) is 12.1. The molecule has 8 nitrogen and oxygen atoms in total. The van der Waals surface area contributed by atoms with Crippen LogP contribution in [-0.2, 0) is 9.59 Å². The van der Waals surface area contributed by atoms with Crippen LogP contribution >= 0.6 is 27.5 Å². The molecule has 196 valence electrons. The zero-order chi connectivity index (χ0) is 27.2. The van der Waals surface area contributed by atoms with Crippen molar-refractivity contribution in [2.45, 2.75) is 26.7 Å². The fourth-order valence-electron chi connectivity index (χ4n) is 3.70. The Labute approximate surface area is 233 Å². The molecule has 38 heavy (non-hydrogen) atoms. The molecule has 0 aliphatic heterocycles. The number of anilines is 2. The maximum atomic E-state index is 13.2. The number of halogens is 2. The molecule has 0 unspecified atom stereocenters. The maximum absolute atomic E-state index is 13.2. The van der Waals surface area contributed by atoms with Crippen LogP contribution in [0.2, 0.25) is 5.02 Å². The molecule has 3 N–H and O–H groups in total. The first-order valence-electron chi connectivity index (χ1n) is 12.0. The number of hydrogen-bond donors (Lipinski definition) is 3. The summed E-state index contributed by atoms with van der Waals surface area (Å²) in [4.78, 5) is 38.7. The van der Waals surface area contributed by atoms with Crippen LogP contribution in [0.3, 0.4) is 0 Å². The molecular weight excluding hydrogens is 572 g/mol. The van der Waals surface area contributed by atoms with Crippen LogP contribution in [0.1, 0.15) is 35.8 Å². The first-order chi connectivity index (χ1) is 18.2. The number of aryl methyl sites for hydroxylation is 1. The van der Waals surface area contributed by atoms with E-state index in [9.17, 15) is 14.4 Å². The van der Waals surface area contributed by atoms with Gasteiger partial charge in [-0.2, -0.15) is 0 Å². The van der Waals surface area contributed by atoms with Crippen molar-refractivity contribution in [1.29, 1.82) is 0 Å². The molecule has 0 fully saturated rings. The number of ether oxygens (including phenoxy) is 1. The van der Waals surface area contributed by atoms with Crippen LogP contribution in [0.5, 0.6) is 5.75 Å². The fourth-order valence-corrected chi connectivity index (χ4v) is 4.13. The summed E-state index contributed by atoms with van der Waals surface area (Å²) in [6.45, 7) is 4.60. The van der Waals surface area contributed by atoms with Crippen molar-refractivity contribution < 1.29 is 19.1 Å². The van der Waals surface area contributed by atoms with Gasteiger partial charge in [0.2, 0.25) is 0 Å². The number of rotatable bonds is 8. The summed E-state index contributed by atoms with van der Waals surface area (Å²) in [7, 11) is 0. The summed E-state index contributed by atoms with van der Waals surface area (Å²) in [5.74, 6) is -1.64. The highest BCUT2D eigenvalue weighted by Crippen LogP contribution is 2.25. The van der Waals surface area contributed by atoms with Crippen molar-refractivity contribution in [3.8, 4) is 5.75 Å². The number of aromatic nitrogens is 1. The van der Waals surface area contributed by atoms with Crippen LogP contribution < -0.4 is 20.8 Å². The average molecular weight is 598 g/mol. The van der Waals surface area contributed by atoms with Crippen molar-refractivity contribution in [2.24, 2.45) is 0 Å². The molecule has 0 aliphatic carbocycles. The van der Waals surface area contributed by atoms with E-state index in [1.807, 2.05) is 19.1 Å². The van der Waals surface area contributed by atoms with Gasteiger partial charge in [-0.25, -0.2) is 4.68 Å². The molecule has 3 amide bonds. The lowest BCUT2D eigenvalue weighted by Crippen LogP contribution is -2.36. The summed E-state index contributed by atoms with van der Waals surface area (Å²) < 4.78 is 7.81. The second-order valence-corrected chi connectivity index (χ2v) is 9.90. The fraction of sp³-hybridized carbons (Fsp3) is 0.179. The molecule has 0 bridgehead atoms. The monoisotopic (exact) mass is 596 g/mol. The van der Waals surface area contributed by atoms with E-state index in [0.717, 1.165) is 22.9 Å². The van der Waals surface area contributed by atoms with Gasteiger partial charge in [0.1, 0.15) is 11.4 Å². The minimum absolute atomic E-state index is 0.123. The predicted molar refractivity (Wildman–Crippen MR) is 154 cm³/mol. The number of nitrogens with zero attached hydrogens (tertiary/aromatic N) is 1. The van der Waals surface area contributed by atoms with E-state index in [4.69, 9.17) is 16.3 Å². The Kier molecular flexibility index (Phi) is 8.70. The summed E-state index contributed by atoms with van der Waals surface area (Å²) in [6.07, 6.45) is 1.97. The van der Waals surface area contributed by atoms with Crippen LogP contribution in [0.15, 0.2) is 71.2 Å². The lowest BCUT2D eigenvalue weighted by molar-refractivity contribution is -0.133. The minimum atomic E-state index is -0.950. The number of carbonyl (C=O) groups excluding carboxylic acids is 3. The molecule has 0 saturated carbocycles. The Morgan fingerprint density at radius 2 is 1.66 bits per heavy atom. The van der Waals surface area contributed by atoms with E-state index in [-0.39, 0.29) is 5.69 Å². The van der Waals surface area contributed by atoms with E-state index in [1.165, 1.54) is 4.68 Å². The highest BCUT2D eigenvalue weighted by molar-refractivity contribution is 9.10. The number of amides is 3. The first-order valence-corrected chi connectivity index (χ1v) is 13.2. The van der Waals surface area contributed by atoms with Gasteiger partial charge in [-0.3, -0.25) is 19.8 Å². The van der Waals surface area contributed by atoms with Crippen molar-refractivity contribution in [3.63, 3.8) is 0 Å². The number of benzene rings is 3. The van der Waals surface area contributed by atoms with Crippen molar-refractivity contribution in [1.82, 2.24) is 4.68 Å². The van der Waals surface area contributed by atoms with Gasteiger partial charge in [0.25, 0.3) is 5.91 Å². The van der Waals surface area contributed by atoms with Gasteiger partial charge in [-0.05, 0) is 85.6 Å². The molecule has 1 aromatic heterocycles. The lowest BCUT2D eigenvalue weighted by atomic mass is 10.2. The Morgan fingerprint density at radius 3 is 2.37 bits per heavy atom. The van der Waals surface area contributed by atoms with Crippen molar-refractivity contribution in [2.75, 3.05) is 22.7 Å². The summed E-state index contributed by atoms with van der Waals surface area (Å²) in [5.41, 5.74) is 5.12. The van der Waals surface area contributed by atoms with E-state index in [1.54, 1.807) is 54.6 Å². The zero-order valence-electron chi connectivity index (χ0n) is 20.8. The number of carbonyl (C=O) groups is 3. The van der Waals surface area contributed by atoms with Gasteiger partial charge < -0.3 is 15.4 Å². The van der Waals surface area contributed by atoms with Gasteiger partial charge in [-0.1, -0.05) is 40.9 Å². The first kappa shape index (κ1) is 27.2. The Hall–Kier alpha value is -3.82. The maximum Gasteiger partial charge on any atom is 0.328 e. The van der Waals surface area contributed by atoms with Crippen LogP contribution in [0.25, 0.3) is 10.9 Å². The quantitative estimate of drug-likeness (QED) is 0.159. The normalized spacial score (nSPS) is 10.7. The SMILES string of the molecule is CCCCOc1ccc(NC(=O)C(=O)Nn2c(C(=O)Nc3ccc(Br)c(C)c3)cc3cc(Cl)ccc32)cc1. The van der Waals surface area contributed by atoms with Crippen LogP contribution in [0, 0.1) is 6.92 Å². The van der Waals surface area contributed by atoms with Gasteiger partial charge in [0.05, 0.1) is 12.1 Å². The molecule has 0 aliphatic rings. The van der Waals surface area contributed by atoms with Gasteiger partial charge in [0, 0.05) is 26.3 Å². The molecule has 0 atom stereocenters. The summed E-state index contributed by atoms with van der Waals surface area (Å²) in [6, 6.07) is 18.7. The molecule has 0 saturated heterocycles. The number of hydrogen-bond acceptors (Lipinski definition) is 4. The van der Waals surface area contributed by atoms with E-state index < -0.39 is 17.7 Å².